The second kappa shape index (κ2) is 9.57. The van der Waals surface area contributed by atoms with Crippen molar-refractivity contribution in [2.75, 3.05) is 38.7 Å². The number of anilines is 1. The summed E-state index contributed by atoms with van der Waals surface area (Å²) >= 11 is 7.75. The zero-order valence-electron chi connectivity index (χ0n) is 17.2. The van der Waals surface area contributed by atoms with Gasteiger partial charge < -0.3 is 9.64 Å². The summed E-state index contributed by atoms with van der Waals surface area (Å²) in [4.78, 5) is 21.6. The average molecular weight is 432 g/mol. The van der Waals surface area contributed by atoms with E-state index in [9.17, 15) is 4.79 Å². The third-order valence-corrected chi connectivity index (χ3v) is 6.06. The van der Waals surface area contributed by atoms with E-state index in [1.165, 1.54) is 11.3 Å². The molecule has 1 aromatic heterocycles. The van der Waals surface area contributed by atoms with E-state index in [1.807, 2.05) is 64.3 Å². The van der Waals surface area contributed by atoms with E-state index >= 15 is 0 Å². The Hall–Kier alpha value is -2.15. The summed E-state index contributed by atoms with van der Waals surface area (Å²) in [6.07, 6.45) is 0.846. The third-order valence-electron chi connectivity index (χ3n) is 4.61. The van der Waals surface area contributed by atoms with Gasteiger partial charge in [0.05, 0.1) is 10.2 Å². The summed E-state index contributed by atoms with van der Waals surface area (Å²) in [5, 5.41) is 1.37. The fourth-order valence-corrected chi connectivity index (χ4v) is 4.23. The minimum Gasteiger partial charge on any atom is -0.484 e. The van der Waals surface area contributed by atoms with Crippen molar-refractivity contribution >= 4 is 44.2 Å². The number of benzene rings is 2. The Balaban J connectivity index is 1.81. The normalized spacial score (nSPS) is 11.2. The van der Waals surface area contributed by atoms with Crippen LogP contribution in [0, 0.1) is 13.8 Å². The molecule has 0 aliphatic carbocycles. The molecule has 0 unspecified atom stereocenters. The van der Waals surface area contributed by atoms with Crippen LogP contribution < -0.4 is 9.64 Å². The quantitative estimate of drug-likeness (QED) is 0.507. The molecule has 3 aromatic rings. The molecule has 5 nitrogen and oxygen atoms in total. The van der Waals surface area contributed by atoms with Crippen molar-refractivity contribution in [2.45, 2.75) is 20.3 Å². The predicted octanol–water partition coefficient (Wildman–Crippen LogP) is 4.93. The molecule has 0 N–H and O–H groups in total. The third kappa shape index (κ3) is 5.47. The number of aryl methyl sites for hydroxylation is 2. The summed E-state index contributed by atoms with van der Waals surface area (Å²) in [5.41, 5.74) is 2.88. The van der Waals surface area contributed by atoms with E-state index in [4.69, 9.17) is 21.3 Å². The maximum Gasteiger partial charge on any atom is 0.266 e. The lowest BCUT2D eigenvalue weighted by atomic mass is 10.2. The Morgan fingerprint density at radius 3 is 2.69 bits per heavy atom. The number of hydrogen-bond donors (Lipinski definition) is 0. The summed E-state index contributed by atoms with van der Waals surface area (Å²) in [6, 6.07) is 11.5. The first-order chi connectivity index (χ1) is 13.8. The number of aromatic nitrogens is 1. The molecule has 154 valence electrons. The molecule has 0 spiro atoms. The second-order valence-electron chi connectivity index (χ2n) is 7.32. The number of carbonyl (C=O) groups is 1. The van der Waals surface area contributed by atoms with Gasteiger partial charge in [0.2, 0.25) is 0 Å². The highest BCUT2D eigenvalue weighted by molar-refractivity contribution is 7.22. The number of thiazole rings is 1. The lowest BCUT2D eigenvalue weighted by Gasteiger charge is -2.21. The number of rotatable bonds is 8. The van der Waals surface area contributed by atoms with Gasteiger partial charge in [-0.15, -0.1) is 0 Å². The first kappa shape index (κ1) is 21.6. The smallest absolute Gasteiger partial charge is 0.266 e. The van der Waals surface area contributed by atoms with Crippen LogP contribution in [0.2, 0.25) is 5.02 Å². The predicted molar refractivity (Wildman–Crippen MR) is 122 cm³/mol. The fourth-order valence-electron chi connectivity index (χ4n) is 3.00. The van der Waals surface area contributed by atoms with Crippen LogP contribution in [0.5, 0.6) is 5.75 Å². The van der Waals surface area contributed by atoms with Gasteiger partial charge in [-0.05, 0) is 76.3 Å². The van der Waals surface area contributed by atoms with E-state index in [1.54, 1.807) is 4.90 Å². The highest BCUT2D eigenvalue weighted by Crippen LogP contribution is 2.33. The largest absolute Gasteiger partial charge is 0.484 e. The molecule has 2 aromatic carbocycles. The van der Waals surface area contributed by atoms with Crippen molar-refractivity contribution in [3.8, 4) is 5.75 Å². The minimum atomic E-state index is -0.104. The van der Waals surface area contributed by atoms with Crippen LogP contribution in [0.3, 0.4) is 0 Å². The number of fused-ring (bicyclic) bond motifs is 1. The molecule has 0 aliphatic rings. The molecule has 7 heteroatoms. The molecule has 0 saturated carbocycles. The van der Waals surface area contributed by atoms with E-state index in [0.717, 1.165) is 34.3 Å². The molecule has 0 saturated heterocycles. The number of halogens is 1. The van der Waals surface area contributed by atoms with Gasteiger partial charge in [-0.3, -0.25) is 9.69 Å². The molecule has 0 fully saturated rings. The van der Waals surface area contributed by atoms with E-state index in [2.05, 4.69) is 4.90 Å². The molecule has 0 aliphatic heterocycles. The number of amides is 1. The molecule has 1 amide bonds. The molecule has 0 atom stereocenters. The van der Waals surface area contributed by atoms with Crippen molar-refractivity contribution in [1.82, 2.24) is 9.88 Å². The SMILES string of the molecule is Cc1cccc(OCC(=O)N(CCCN(C)C)c2nc3c(C)c(Cl)ccc3s2)c1. The molecule has 1 heterocycles. The summed E-state index contributed by atoms with van der Waals surface area (Å²) in [5.74, 6) is 0.589. The molecule has 0 radical (unpaired) electrons. The standard InChI is InChI=1S/C22H26ClN3O2S/c1-15-7-5-8-17(13-15)28-14-20(27)26(12-6-11-25(3)4)22-24-21-16(2)18(23)9-10-19(21)29-22/h5,7-10,13H,6,11-12,14H2,1-4H3. The first-order valence-corrected chi connectivity index (χ1v) is 10.7. The van der Waals surface area contributed by atoms with Gasteiger partial charge in [0.15, 0.2) is 11.7 Å². The molecular weight excluding hydrogens is 406 g/mol. The van der Waals surface area contributed by atoms with Gasteiger partial charge in [0.1, 0.15) is 5.75 Å². The van der Waals surface area contributed by atoms with Crippen LogP contribution in [0.25, 0.3) is 10.2 Å². The van der Waals surface area contributed by atoms with Crippen molar-refractivity contribution in [3.05, 3.63) is 52.5 Å². The number of carbonyl (C=O) groups excluding carboxylic acids is 1. The minimum absolute atomic E-state index is 0.0267. The fraction of sp³-hybridized carbons (Fsp3) is 0.364. The van der Waals surface area contributed by atoms with Gasteiger partial charge in [-0.25, -0.2) is 4.98 Å². The topological polar surface area (TPSA) is 45.7 Å². The van der Waals surface area contributed by atoms with Crippen LogP contribution in [-0.2, 0) is 4.79 Å². The first-order valence-electron chi connectivity index (χ1n) is 9.55. The van der Waals surface area contributed by atoms with Crippen LogP contribution >= 0.6 is 22.9 Å². The molecular formula is C22H26ClN3O2S. The van der Waals surface area contributed by atoms with E-state index in [0.29, 0.717) is 22.4 Å². The molecule has 0 bridgehead atoms. The Morgan fingerprint density at radius 1 is 1.17 bits per heavy atom. The maximum absolute atomic E-state index is 13.0. The Morgan fingerprint density at radius 2 is 1.97 bits per heavy atom. The highest BCUT2D eigenvalue weighted by Gasteiger charge is 2.21. The molecule has 3 rings (SSSR count). The zero-order chi connectivity index (χ0) is 21.0. The van der Waals surface area contributed by atoms with Crippen molar-refractivity contribution in [3.63, 3.8) is 0 Å². The zero-order valence-corrected chi connectivity index (χ0v) is 18.8. The van der Waals surface area contributed by atoms with Crippen molar-refractivity contribution in [2.24, 2.45) is 0 Å². The average Bonchev–Trinajstić information content (AvgIpc) is 3.11. The Bertz CT molecular complexity index is 1000. The summed E-state index contributed by atoms with van der Waals surface area (Å²) < 4.78 is 6.77. The van der Waals surface area contributed by atoms with Gasteiger partial charge in [0.25, 0.3) is 5.91 Å². The van der Waals surface area contributed by atoms with Gasteiger partial charge in [-0.2, -0.15) is 0 Å². The molecule has 29 heavy (non-hydrogen) atoms. The van der Waals surface area contributed by atoms with Crippen LogP contribution in [0.15, 0.2) is 36.4 Å². The summed E-state index contributed by atoms with van der Waals surface area (Å²) in [6.45, 7) is 5.39. The lowest BCUT2D eigenvalue weighted by molar-refractivity contribution is -0.120. The Kier molecular flexibility index (Phi) is 7.11. The van der Waals surface area contributed by atoms with E-state index < -0.39 is 0 Å². The monoisotopic (exact) mass is 431 g/mol. The van der Waals surface area contributed by atoms with Crippen LogP contribution in [-0.4, -0.2) is 49.6 Å². The van der Waals surface area contributed by atoms with Crippen LogP contribution in [0.4, 0.5) is 5.13 Å². The number of ether oxygens (including phenoxy) is 1. The highest BCUT2D eigenvalue weighted by atomic mass is 35.5. The van der Waals surface area contributed by atoms with Crippen molar-refractivity contribution < 1.29 is 9.53 Å². The van der Waals surface area contributed by atoms with Crippen molar-refractivity contribution in [1.29, 1.82) is 0 Å². The van der Waals surface area contributed by atoms with Gasteiger partial charge >= 0.3 is 0 Å². The maximum atomic E-state index is 13.0. The number of hydrogen-bond acceptors (Lipinski definition) is 5. The van der Waals surface area contributed by atoms with Gasteiger partial charge in [0, 0.05) is 11.6 Å². The van der Waals surface area contributed by atoms with E-state index in [-0.39, 0.29) is 12.5 Å². The summed E-state index contributed by atoms with van der Waals surface area (Å²) in [7, 11) is 4.05. The second-order valence-corrected chi connectivity index (χ2v) is 8.74. The van der Waals surface area contributed by atoms with Gasteiger partial charge in [-0.1, -0.05) is 35.1 Å². The Labute approximate surface area is 180 Å². The number of nitrogens with zero attached hydrogens (tertiary/aromatic N) is 3. The lowest BCUT2D eigenvalue weighted by Crippen LogP contribution is -2.36. The van der Waals surface area contributed by atoms with Crippen LogP contribution in [0.1, 0.15) is 17.5 Å².